The van der Waals surface area contributed by atoms with Gasteiger partial charge in [-0.15, -0.1) is 0 Å². The van der Waals surface area contributed by atoms with Crippen molar-refractivity contribution >= 4 is 27.6 Å². The van der Waals surface area contributed by atoms with Gasteiger partial charge in [-0.25, -0.2) is 22.3 Å². The Hall–Kier alpha value is -3.92. The normalized spacial score (nSPS) is 15.0. The number of anilines is 1. The van der Waals surface area contributed by atoms with Gasteiger partial charge in [0, 0.05) is 5.56 Å². The molecule has 0 bridgehead atoms. The maximum Gasteiger partial charge on any atom is 0.333 e. The molecule has 0 saturated heterocycles. The summed E-state index contributed by atoms with van der Waals surface area (Å²) in [7, 11) is -4.09. The quantitative estimate of drug-likeness (QED) is 0.528. The van der Waals surface area contributed by atoms with Crippen molar-refractivity contribution in [2.45, 2.75) is 10.9 Å². The van der Waals surface area contributed by atoms with Gasteiger partial charge >= 0.3 is 6.03 Å². The fourth-order valence-electron chi connectivity index (χ4n) is 3.20. The van der Waals surface area contributed by atoms with Crippen molar-refractivity contribution in [2.75, 3.05) is 11.9 Å². The first-order valence-corrected chi connectivity index (χ1v) is 11.0. The number of hydrogen-bond donors (Lipinski definition) is 3. The molecule has 10 heteroatoms. The first-order valence-electron chi connectivity index (χ1n) is 9.54. The fraction of sp³-hybridized carbons (Fsp3) is 0.0909. The van der Waals surface area contributed by atoms with E-state index in [2.05, 4.69) is 10.6 Å². The minimum atomic E-state index is -4.09. The summed E-state index contributed by atoms with van der Waals surface area (Å²) >= 11 is 0. The SMILES string of the molecule is O=C1Nc2ccc(C(=O)NC(COc3ccccc3F)c3ccccc3)cc2S(=O)(=O)N1. The maximum atomic E-state index is 13.9. The molecule has 1 aliphatic rings. The van der Waals surface area contributed by atoms with Crippen molar-refractivity contribution in [1.82, 2.24) is 10.0 Å². The van der Waals surface area contributed by atoms with Gasteiger partial charge in [0.25, 0.3) is 15.9 Å². The summed E-state index contributed by atoms with van der Waals surface area (Å²) in [6.45, 7) is -0.0580. The molecule has 0 aliphatic carbocycles. The van der Waals surface area contributed by atoms with Crippen LogP contribution in [-0.4, -0.2) is 27.0 Å². The Bertz CT molecular complexity index is 1280. The molecule has 164 valence electrons. The van der Waals surface area contributed by atoms with Crippen LogP contribution in [0.25, 0.3) is 0 Å². The van der Waals surface area contributed by atoms with Crippen molar-refractivity contribution in [2.24, 2.45) is 0 Å². The van der Waals surface area contributed by atoms with Crippen LogP contribution in [0.3, 0.4) is 0 Å². The first kappa shape index (κ1) is 21.3. The number of nitrogens with one attached hydrogen (secondary N) is 3. The van der Waals surface area contributed by atoms with Gasteiger partial charge in [-0.2, -0.15) is 0 Å². The Morgan fingerprint density at radius 2 is 1.75 bits per heavy atom. The van der Waals surface area contributed by atoms with Crippen LogP contribution in [-0.2, 0) is 10.0 Å². The number of ether oxygens (including phenoxy) is 1. The van der Waals surface area contributed by atoms with E-state index in [-0.39, 0.29) is 28.5 Å². The summed E-state index contributed by atoms with van der Waals surface area (Å²) in [6, 6.07) is 17.3. The standard InChI is InChI=1S/C22H18FN3O5S/c23-16-8-4-5-9-19(16)31-13-18(14-6-2-1-3-7-14)24-21(27)15-10-11-17-20(12-15)32(29,30)26-22(28)25-17/h1-12,18H,13H2,(H,24,27)(H2,25,26,28). The van der Waals surface area contributed by atoms with Gasteiger partial charge < -0.3 is 15.4 Å². The van der Waals surface area contributed by atoms with Crippen molar-refractivity contribution < 1.29 is 27.1 Å². The molecule has 8 nitrogen and oxygen atoms in total. The third-order valence-corrected chi connectivity index (χ3v) is 6.13. The van der Waals surface area contributed by atoms with E-state index in [1.807, 2.05) is 10.8 Å². The second-order valence-electron chi connectivity index (χ2n) is 6.95. The lowest BCUT2D eigenvalue weighted by Crippen LogP contribution is -2.39. The zero-order chi connectivity index (χ0) is 22.7. The highest BCUT2D eigenvalue weighted by Crippen LogP contribution is 2.26. The van der Waals surface area contributed by atoms with Crippen LogP contribution in [0.1, 0.15) is 22.0 Å². The third kappa shape index (κ3) is 4.54. The van der Waals surface area contributed by atoms with Crippen molar-refractivity contribution in [3.63, 3.8) is 0 Å². The van der Waals surface area contributed by atoms with Gasteiger partial charge in [0.15, 0.2) is 11.6 Å². The van der Waals surface area contributed by atoms with Gasteiger partial charge in [0.2, 0.25) is 0 Å². The van der Waals surface area contributed by atoms with E-state index in [0.29, 0.717) is 0 Å². The highest BCUT2D eigenvalue weighted by Gasteiger charge is 2.29. The topological polar surface area (TPSA) is 114 Å². The average molecular weight is 455 g/mol. The molecular weight excluding hydrogens is 437 g/mol. The second-order valence-corrected chi connectivity index (χ2v) is 8.60. The smallest absolute Gasteiger partial charge is 0.333 e. The van der Waals surface area contributed by atoms with Crippen LogP contribution in [0.2, 0.25) is 0 Å². The molecule has 0 aromatic heterocycles. The van der Waals surface area contributed by atoms with Crippen LogP contribution in [0, 0.1) is 5.82 Å². The van der Waals surface area contributed by atoms with Crippen molar-refractivity contribution in [3.05, 3.63) is 89.7 Å². The molecule has 1 heterocycles. The Kier molecular flexibility index (Phi) is 5.78. The van der Waals surface area contributed by atoms with Crippen LogP contribution in [0.4, 0.5) is 14.9 Å². The number of hydrogen-bond acceptors (Lipinski definition) is 5. The molecule has 3 aromatic carbocycles. The molecule has 0 radical (unpaired) electrons. The van der Waals surface area contributed by atoms with Gasteiger partial charge in [-0.3, -0.25) is 4.79 Å². The Balaban J connectivity index is 1.58. The van der Waals surface area contributed by atoms with Gasteiger partial charge in [-0.1, -0.05) is 42.5 Å². The maximum absolute atomic E-state index is 13.9. The molecule has 32 heavy (non-hydrogen) atoms. The lowest BCUT2D eigenvalue weighted by Gasteiger charge is -2.21. The molecule has 4 rings (SSSR count). The molecule has 3 N–H and O–H groups in total. The fourth-order valence-corrected chi connectivity index (χ4v) is 4.29. The molecule has 1 aliphatic heterocycles. The summed E-state index contributed by atoms with van der Waals surface area (Å²) in [5.74, 6) is -1.05. The predicted molar refractivity (Wildman–Crippen MR) is 114 cm³/mol. The number of fused-ring (bicyclic) bond motifs is 1. The third-order valence-electron chi connectivity index (χ3n) is 4.76. The van der Waals surface area contributed by atoms with E-state index in [0.717, 1.165) is 5.56 Å². The van der Waals surface area contributed by atoms with E-state index in [4.69, 9.17) is 4.74 Å². The highest BCUT2D eigenvalue weighted by molar-refractivity contribution is 7.90. The average Bonchev–Trinajstić information content (AvgIpc) is 2.77. The van der Waals surface area contributed by atoms with Crippen LogP contribution < -0.4 is 20.1 Å². The van der Waals surface area contributed by atoms with Crippen LogP contribution in [0.15, 0.2) is 77.7 Å². The molecule has 1 atom stereocenters. The van der Waals surface area contributed by atoms with Gasteiger partial charge in [-0.05, 0) is 35.9 Å². The molecule has 1 unspecified atom stereocenters. The molecule has 3 amide bonds. The summed E-state index contributed by atoms with van der Waals surface area (Å²) in [6.07, 6.45) is 0. The van der Waals surface area contributed by atoms with E-state index < -0.39 is 33.8 Å². The van der Waals surface area contributed by atoms with Gasteiger partial charge in [0.05, 0.1) is 11.7 Å². The zero-order valence-corrected chi connectivity index (χ0v) is 17.4. The minimum Gasteiger partial charge on any atom is -0.488 e. The molecule has 3 aromatic rings. The van der Waals surface area contributed by atoms with Crippen LogP contribution >= 0.6 is 0 Å². The largest absolute Gasteiger partial charge is 0.488 e. The van der Waals surface area contributed by atoms with Crippen LogP contribution in [0.5, 0.6) is 5.75 Å². The van der Waals surface area contributed by atoms with Crippen molar-refractivity contribution in [1.29, 1.82) is 0 Å². The number of carbonyl (C=O) groups is 2. The summed E-state index contributed by atoms with van der Waals surface area (Å²) in [5, 5.41) is 5.17. The molecular formula is C22H18FN3O5S. The second kappa shape index (κ2) is 8.67. The Labute approximate surface area is 183 Å². The minimum absolute atomic E-state index is 0.0457. The van der Waals surface area contributed by atoms with Gasteiger partial charge in [0.1, 0.15) is 11.5 Å². The molecule has 0 spiro atoms. The van der Waals surface area contributed by atoms with E-state index in [1.54, 1.807) is 36.4 Å². The monoisotopic (exact) mass is 455 g/mol. The number of carbonyl (C=O) groups excluding carboxylic acids is 2. The summed E-state index contributed by atoms with van der Waals surface area (Å²) < 4.78 is 45.8. The lowest BCUT2D eigenvalue weighted by atomic mass is 10.1. The molecule has 0 saturated carbocycles. The Morgan fingerprint density at radius 3 is 2.50 bits per heavy atom. The number of rotatable bonds is 6. The number of sulfonamides is 1. The lowest BCUT2D eigenvalue weighted by molar-refractivity contribution is 0.0920. The first-order chi connectivity index (χ1) is 15.3. The number of benzene rings is 3. The van der Waals surface area contributed by atoms with E-state index in [1.165, 1.54) is 30.3 Å². The van der Waals surface area contributed by atoms with E-state index in [9.17, 15) is 22.4 Å². The van der Waals surface area contributed by atoms with Crippen molar-refractivity contribution in [3.8, 4) is 5.75 Å². The number of amides is 3. The highest BCUT2D eigenvalue weighted by atomic mass is 32.2. The Morgan fingerprint density at radius 1 is 1.03 bits per heavy atom. The van der Waals surface area contributed by atoms with E-state index >= 15 is 0 Å². The summed E-state index contributed by atoms with van der Waals surface area (Å²) in [5.41, 5.74) is 0.863. The number of urea groups is 1. The summed E-state index contributed by atoms with van der Waals surface area (Å²) in [4.78, 5) is 24.2. The molecule has 0 fully saturated rings. The predicted octanol–water partition coefficient (Wildman–Crippen LogP) is 3.20. The number of para-hydroxylation sites is 1. The number of halogens is 1. The zero-order valence-electron chi connectivity index (χ0n) is 16.5.